The summed E-state index contributed by atoms with van der Waals surface area (Å²) in [5, 5.41) is 0. The lowest BCUT2D eigenvalue weighted by atomic mass is 10.0. The fraction of sp³-hybridized carbons (Fsp3) is 0.400. The number of nitrogens with two attached hydrogens (primary N) is 1. The van der Waals surface area contributed by atoms with Gasteiger partial charge in [0.25, 0.3) is 0 Å². The van der Waals surface area contributed by atoms with Crippen molar-refractivity contribution in [2.75, 3.05) is 6.54 Å². The molecule has 1 aromatic rings. The van der Waals surface area contributed by atoms with Crippen LogP contribution in [0.15, 0.2) is 16.6 Å². The molecule has 0 spiro atoms. The Morgan fingerprint density at radius 3 is 2.77 bits per heavy atom. The summed E-state index contributed by atoms with van der Waals surface area (Å²) in [5.41, 5.74) is 7.57. The van der Waals surface area contributed by atoms with Crippen molar-refractivity contribution in [3.8, 4) is 0 Å². The van der Waals surface area contributed by atoms with Crippen LogP contribution in [0.2, 0.25) is 0 Å². The van der Waals surface area contributed by atoms with E-state index in [-0.39, 0.29) is 5.82 Å². The van der Waals surface area contributed by atoms with E-state index in [4.69, 9.17) is 5.73 Å². The summed E-state index contributed by atoms with van der Waals surface area (Å²) in [7, 11) is 0. The predicted octanol–water partition coefficient (Wildman–Crippen LogP) is 2.79. The van der Waals surface area contributed by atoms with E-state index in [2.05, 4.69) is 15.9 Å². The Morgan fingerprint density at radius 2 is 2.15 bits per heavy atom. The first kappa shape index (κ1) is 10.7. The SMILES string of the molecule is Cc1cc(F)c(Br)cc1CCCN. The van der Waals surface area contributed by atoms with E-state index >= 15 is 0 Å². The quantitative estimate of drug-likeness (QED) is 0.871. The first-order valence-corrected chi connectivity index (χ1v) is 5.09. The standard InChI is InChI=1S/C10H13BrFN/c1-7-5-10(12)9(11)6-8(7)3-2-4-13/h5-6H,2-4,13H2,1H3. The van der Waals surface area contributed by atoms with Crippen molar-refractivity contribution in [2.24, 2.45) is 5.73 Å². The van der Waals surface area contributed by atoms with Crippen LogP contribution in [0.5, 0.6) is 0 Å². The van der Waals surface area contributed by atoms with Crippen LogP contribution in [0, 0.1) is 12.7 Å². The van der Waals surface area contributed by atoms with Crippen molar-refractivity contribution in [1.29, 1.82) is 0 Å². The second-order valence-electron chi connectivity index (χ2n) is 3.09. The molecular formula is C10H13BrFN. The lowest BCUT2D eigenvalue weighted by Crippen LogP contribution is -2.01. The molecule has 0 bridgehead atoms. The van der Waals surface area contributed by atoms with E-state index in [9.17, 15) is 4.39 Å². The molecule has 0 heterocycles. The minimum atomic E-state index is -0.200. The molecule has 0 fully saturated rings. The molecule has 72 valence electrons. The van der Waals surface area contributed by atoms with E-state index < -0.39 is 0 Å². The van der Waals surface area contributed by atoms with Crippen LogP contribution < -0.4 is 5.73 Å². The van der Waals surface area contributed by atoms with Gasteiger partial charge in [0.05, 0.1) is 4.47 Å². The largest absolute Gasteiger partial charge is 0.330 e. The molecule has 0 saturated heterocycles. The molecule has 13 heavy (non-hydrogen) atoms. The van der Waals surface area contributed by atoms with Gasteiger partial charge >= 0.3 is 0 Å². The van der Waals surface area contributed by atoms with Crippen LogP contribution in [0.1, 0.15) is 17.5 Å². The van der Waals surface area contributed by atoms with Gasteiger partial charge in [-0.3, -0.25) is 0 Å². The topological polar surface area (TPSA) is 26.0 Å². The van der Waals surface area contributed by atoms with Gasteiger partial charge in [-0.25, -0.2) is 4.39 Å². The third-order valence-corrected chi connectivity index (χ3v) is 2.64. The number of halogens is 2. The molecule has 0 saturated carbocycles. The van der Waals surface area contributed by atoms with Crippen molar-refractivity contribution in [3.63, 3.8) is 0 Å². The van der Waals surface area contributed by atoms with Crippen LogP contribution in [0.4, 0.5) is 4.39 Å². The highest BCUT2D eigenvalue weighted by Crippen LogP contribution is 2.21. The second kappa shape index (κ2) is 4.72. The van der Waals surface area contributed by atoms with Crippen molar-refractivity contribution in [2.45, 2.75) is 19.8 Å². The van der Waals surface area contributed by atoms with E-state index in [1.807, 2.05) is 13.0 Å². The molecule has 2 N–H and O–H groups in total. The fourth-order valence-corrected chi connectivity index (χ4v) is 1.64. The number of rotatable bonds is 3. The van der Waals surface area contributed by atoms with Gasteiger partial charge in [0, 0.05) is 0 Å². The Morgan fingerprint density at radius 1 is 1.46 bits per heavy atom. The lowest BCUT2D eigenvalue weighted by molar-refractivity contribution is 0.618. The molecule has 0 unspecified atom stereocenters. The highest BCUT2D eigenvalue weighted by Gasteiger charge is 2.04. The average molecular weight is 246 g/mol. The maximum atomic E-state index is 13.0. The Kier molecular flexibility index (Phi) is 3.88. The molecule has 0 radical (unpaired) electrons. The number of aryl methyl sites for hydroxylation is 2. The summed E-state index contributed by atoms with van der Waals surface area (Å²) >= 11 is 3.17. The third-order valence-electron chi connectivity index (χ3n) is 2.03. The molecule has 1 rings (SSSR count). The first-order chi connectivity index (χ1) is 6.15. The molecule has 1 nitrogen and oxygen atoms in total. The van der Waals surface area contributed by atoms with Crippen LogP contribution in [-0.2, 0) is 6.42 Å². The van der Waals surface area contributed by atoms with E-state index in [1.165, 1.54) is 5.56 Å². The molecule has 0 amide bonds. The summed E-state index contributed by atoms with van der Waals surface area (Å²) in [4.78, 5) is 0. The number of hydrogen-bond acceptors (Lipinski definition) is 1. The summed E-state index contributed by atoms with van der Waals surface area (Å²) < 4.78 is 13.5. The molecule has 3 heteroatoms. The first-order valence-electron chi connectivity index (χ1n) is 4.29. The molecule has 1 aromatic carbocycles. The van der Waals surface area contributed by atoms with Gasteiger partial charge in [-0.1, -0.05) is 0 Å². The Hall–Kier alpha value is -0.410. The smallest absolute Gasteiger partial charge is 0.137 e. The van der Waals surface area contributed by atoms with Gasteiger partial charge < -0.3 is 5.73 Å². The van der Waals surface area contributed by atoms with Gasteiger partial charge in [-0.05, 0) is 65.5 Å². The summed E-state index contributed by atoms with van der Waals surface area (Å²) in [6, 6.07) is 3.39. The van der Waals surface area contributed by atoms with E-state index in [0.717, 1.165) is 18.4 Å². The average Bonchev–Trinajstić information content (AvgIpc) is 2.09. The van der Waals surface area contributed by atoms with Gasteiger partial charge in [0.2, 0.25) is 0 Å². The minimum absolute atomic E-state index is 0.200. The molecule has 0 aliphatic rings. The highest BCUT2D eigenvalue weighted by atomic mass is 79.9. The monoisotopic (exact) mass is 245 g/mol. The van der Waals surface area contributed by atoms with Gasteiger partial charge in [0.15, 0.2) is 0 Å². The van der Waals surface area contributed by atoms with Crippen molar-refractivity contribution >= 4 is 15.9 Å². The van der Waals surface area contributed by atoms with E-state index in [0.29, 0.717) is 11.0 Å². The van der Waals surface area contributed by atoms with Gasteiger partial charge in [-0.15, -0.1) is 0 Å². The third kappa shape index (κ3) is 2.78. The molecular weight excluding hydrogens is 233 g/mol. The summed E-state index contributed by atoms with van der Waals surface area (Å²) in [6.07, 6.45) is 1.86. The Bertz CT molecular complexity index is 299. The van der Waals surface area contributed by atoms with Crippen molar-refractivity contribution in [1.82, 2.24) is 0 Å². The Labute approximate surface area is 86.3 Å². The molecule has 0 aromatic heterocycles. The van der Waals surface area contributed by atoms with Crippen molar-refractivity contribution in [3.05, 3.63) is 33.5 Å². The lowest BCUT2D eigenvalue weighted by Gasteiger charge is -2.06. The fourth-order valence-electron chi connectivity index (χ4n) is 1.25. The van der Waals surface area contributed by atoms with Crippen LogP contribution in [0.25, 0.3) is 0 Å². The molecule has 0 aliphatic heterocycles. The maximum Gasteiger partial charge on any atom is 0.137 e. The Balaban J connectivity index is 2.88. The second-order valence-corrected chi connectivity index (χ2v) is 3.94. The van der Waals surface area contributed by atoms with Gasteiger partial charge in [-0.2, -0.15) is 0 Å². The predicted molar refractivity (Wildman–Crippen MR) is 56.2 cm³/mol. The number of hydrogen-bond donors (Lipinski definition) is 1. The van der Waals surface area contributed by atoms with Crippen LogP contribution >= 0.6 is 15.9 Å². The van der Waals surface area contributed by atoms with Crippen LogP contribution in [-0.4, -0.2) is 6.54 Å². The normalized spacial score (nSPS) is 10.5. The highest BCUT2D eigenvalue weighted by molar-refractivity contribution is 9.10. The molecule has 0 aliphatic carbocycles. The summed E-state index contributed by atoms with van der Waals surface area (Å²) in [6.45, 7) is 2.59. The van der Waals surface area contributed by atoms with Crippen LogP contribution in [0.3, 0.4) is 0 Å². The zero-order chi connectivity index (χ0) is 9.84. The number of benzene rings is 1. The zero-order valence-electron chi connectivity index (χ0n) is 7.61. The summed E-state index contributed by atoms with van der Waals surface area (Å²) in [5.74, 6) is -0.200. The minimum Gasteiger partial charge on any atom is -0.330 e. The van der Waals surface area contributed by atoms with E-state index in [1.54, 1.807) is 6.07 Å². The maximum absolute atomic E-state index is 13.0. The molecule has 0 atom stereocenters. The van der Waals surface area contributed by atoms with Gasteiger partial charge in [0.1, 0.15) is 5.82 Å². The zero-order valence-corrected chi connectivity index (χ0v) is 9.20. The van der Waals surface area contributed by atoms with Crippen molar-refractivity contribution < 1.29 is 4.39 Å².